The fourth-order valence-corrected chi connectivity index (χ4v) is 2.61. The van der Waals surface area contributed by atoms with Crippen molar-refractivity contribution in [2.45, 2.75) is 31.2 Å². The van der Waals surface area contributed by atoms with Crippen LogP contribution in [0.1, 0.15) is 25.3 Å². The molecular weight excluding hydrogens is 249 g/mol. The van der Waals surface area contributed by atoms with Gasteiger partial charge < -0.3 is 19.9 Å². The summed E-state index contributed by atoms with van der Waals surface area (Å²) in [7, 11) is 4.34. The monoisotopic (exact) mass is 269 g/mol. The Morgan fingerprint density at radius 1 is 1.16 bits per heavy atom. The van der Waals surface area contributed by atoms with Crippen LogP contribution < -0.4 is 19.9 Å². The number of halogens is 1. The molecule has 0 heterocycles. The molecule has 0 bridgehead atoms. The lowest BCUT2D eigenvalue weighted by Gasteiger charge is -2.24. The van der Waals surface area contributed by atoms with Crippen LogP contribution in [-0.4, -0.2) is 27.4 Å². The maximum absolute atomic E-state index is 14.4. The number of rotatable bonds is 5. The summed E-state index contributed by atoms with van der Waals surface area (Å²) in [5.41, 5.74) is 6.60. The summed E-state index contributed by atoms with van der Waals surface area (Å²) < 4.78 is 29.9. The molecule has 5 heteroatoms. The number of benzene rings is 1. The zero-order valence-electron chi connectivity index (χ0n) is 11.7. The average Bonchev–Trinajstić information content (AvgIpc) is 3.18. The van der Waals surface area contributed by atoms with Gasteiger partial charge in [0.25, 0.3) is 0 Å². The Balaban J connectivity index is 2.64. The lowest BCUT2D eigenvalue weighted by molar-refractivity contribution is 0.315. The fourth-order valence-electron chi connectivity index (χ4n) is 2.61. The minimum atomic E-state index is -0.536. The van der Waals surface area contributed by atoms with Crippen molar-refractivity contribution in [3.8, 4) is 17.2 Å². The van der Waals surface area contributed by atoms with Crippen molar-refractivity contribution in [3.63, 3.8) is 0 Å². The molecule has 1 aromatic rings. The van der Waals surface area contributed by atoms with Crippen molar-refractivity contribution in [1.82, 2.24) is 0 Å². The molecule has 0 aliphatic heterocycles. The molecule has 1 fully saturated rings. The third-order valence-corrected chi connectivity index (χ3v) is 3.97. The Morgan fingerprint density at radius 2 is 1.74 bits per heavy atom. The normalized spacial score (nSPS) is 17.8. The Labute approximate surface area is 112 Å². The summed E-state index contributed by atoms with van der Waals surface area (Å²) in [5.74, 6) is 0.0880. The summed E-state index contributed by atoms with van der Waals surface area (Å²) in [6, 6.07) is 1.70. The summed E-state index contributed by atoms with van der Waals surface area (Å²) in [4.78, 5) is 0. The van der Waals surface area contributed by atoms with Gasteiger partial charge >= 0.3 is 0 Å². The molecule has 0 saturated heterocycles. The molecule has 1 aromatic carbocycles. The second-order valence-corrected chi connectivity index (χ2v) is 4.95. The van der Waals surface area contributed by atoms with Crippen LogP contribution >= 0.6 is 0 Å². The molecule has 1 atom stereocenters. The van der Waals surface area contributed by atoms with Crippen LogP contribution in [0.3, 0.4) is 0 Å². The van der Waals surface area contributed by atoms with Crippen LogP contribution in [0.5, 0.6) is 17.2 Å². The van der Waals surface area contributed by atoms with E-state index in [1.807, 2.05) is 6.92 Å². The Morgan fingerprint density at radius 3 is 2.11 bits per heavy atom. The summed E-state index contributed by atoms with van der Waals surface area (Å²) in [6.45, 7) is 1.93. The Kier molecular flexibility index (Phi) is 3.58. The van der Waals surface area contributed by atoms with E-state index in [1.54, 1.807) is 6.07 Å². The summed E-state index contributed by atoms with van der Waals surface area (Å²) >= 11 is 0. The van der Waals surface area contributed by atoms with Crippen LogP contribution in [0.25, 0.3) is 0 Å². The van der Waals surface area contributed by atoms with Gasteiger partial charge in [-0.05, 0) is 25.8 Å². The molecule has 4 nitrogen and oxygen atoms in total. The van der Waals surface area contributed by atoms with Crippen LogP contribution in [-0.2, 0) is 5.41 Å². The molecule has 19 heavy (non-hydrogen) atoms. The highest BCUT2D eigenvalue weighted by molar-refractivity contribution is 5.56. The molecule has 0 aromatic heterocycles. The number of methoxy groups -OCH3 is 3. The van der Waals surface area contributed by atoms with Gasteiger partial charge in [0, 0.05) is 17.0 Å². The lowest BCUT2D eigenvalue weighted by atomic mass is 9.88. The summed E-state index contributed by atoms with van der Waals surface area (Å²) in [5, 5.41) is 0. The first-order valence-corrected chi connectivity index (χ1v) is 6.26. The maximum Gasteiger partial charge on any atom is 0.210 e. The fraction of sp³-hybridized carbons (Fsp3) is 0.571. The van der Waals surface area contributed by atoms with E-state index in [2.05, 4.69) is 0 Å². The molecule has 106 valence electrons. The smallest absolute Gasteiger partial charge is 0.210 e. The number of ether oxygens (including phenoxy) is 3. The molecular formula is C14H20FNO3. The molecule has 0 spiro atoms. The van der Waals surface area contributed by atoms with Gasteiger partial charge in [-0.3, -0.25) is 0 Å². The van der Waals surface area contributed by atoms with E-state index in [9.17, 15) is 4.39 Å². The van der Waals surface area contributed by atoms with E-state index in [0.29, 0.717) is 5.75 Å². The molecule has 1 aliphatic rings. The van der Waals surface area contributed by atoms with Gasteiger partial charge in [0.05, 0.1) is 21.3 Å². The number of hydrogen-bond acceptors (Lipinski definition) is 4. The third kappa shape index (κ3) is 2.02. The molecule has 1 aliphatic carbocycles. The van der Waals surface area contributed by atoms with Crippen LogP contribution in [0.15, 0.2) is 6.07 Å². The number of hydrogen-bond donors (Lipinski definition) is 1. The second kappa shape index (κ2) is 4.89. The molecule has 2 rings (SSSR count). The van der Waals surface area contributed by atoms with E-state index in [0.717, 1.165) is 18.4 Å². The molecule has 1 saturated carbocycles. The first-order chi connectivity index (χ1) is 9.01. The first-order valence-electron chi connectivity index (χ1n) is 6.26. The van der Waals surface area contributed by atoms with Gasteiger partial charge in [0.15, 0.2) is 11.5 Å². The van der Waals surface area contributed by atoms with Crippen molar-refractivity contribution in [1.29, 1.82) is 0 Å². The lowest BCUT2D eigenvalue weighted by Crippen LogP contribution is -2.32. The Bertz CT molecular complexity index is 484. The van der Waals surface area contributed by atoms with Crippen molar-refractivity contribution in [2.24, 2.45) is 5.73 Å². The van der Waals surface area contributed by atoms with Crippen molar-refractivity contribution >= 4 is 0 Å². The number of nitrogens with two attached hydrogens (primary N) is 1. The standard InChI is InChI=1S/C14H20FNO3/c1-8(16)14(5-6-14)9-7-10(17-2)13(19-4)11(15)12(9)18-3/h7-8H,5-6,16H2,1-4H3. The van der Waals surface area contributed by atoms with E-state index >= 15 is 0 Å². The molecule has 2 N–H and O–H groups in total. The minimum Gasteiger partial charge on any atom is -0.493 e. The van der Waals surface area contributed by atoms with Gasteiger partial charge in [-0.1, -0.05) is 0 Å². The van der Waals surface area contributed by atoms with Gasteiger partial charge in [-0.15, -0.1) is 0 Å². The Hall–Kier alpha value is -1.49. The van der Waals surface area contributed by atoms with Crippen molar-refractivity contribution in [3.05, 3.63) is 17.4 Å². The molecule has 0 radical (unpaired) electrons. The van der Waals surface area contributed by atoms with Crippen LogP contribution in [0.4, 0.5) is 4.39 Å². The predicted octanol–water partition coefficient (Wildman–Crippen LogP) is 2.23. The van der Waals surface area contributed by atoms with Crippen LogP contribution in [0.2, 0.25) is 0 Å². The zero-order chi connectivity index (χ0) is 14.2. The highest BCUT2D eigenvalue weighted by atomic mass is 19.1. The summed E-state index contributed by atoms with van der Waals surface area (Å²) in [6.07, 6.45) is 1.85. The van der Waals surface area contributed by atoms with E-state index in [1.165, 1.54) is 21.3 Å². The second-order valence-electron chi connectivity index (χ2n) is 4.95. The van der Waals surface area contributed by atoms with E-state index < -0.39 is 5.82 Å². The minimum absolute atomic E-state index is 0.0589. The first kappa shape index (κ1) is 13.9. The van der Waals surface area contributed by atoms with Crippen molar-refractivity contribution < 1.29 is 18.6 Å². The zero-order valence-corrected chi connectivity index (χ0v) is 11.7. The largest absolute Gasteiger partial charge is 0.493 e. The highest BCUT2D eigenvalue weighted by Crippen LogP contribution is 2.56. The van der Waals surface area contributed by atoms with Gasteiger partial charge in [0.1, 0.15) is 0 Å². The van der Waals surface area contributed by atoms with Gasteiger partial charge in [0.2, 0.25) is 11.6 Å². The topological polar surface area (TPSA) is 53.7 Å². The molecule has 0 amide bonds. The third-order valence-electron chi connectivity index (χ3n) is 3.97. The average molecular weight is 269 g/mol. The van der Waals surface area contributed by atoms with Crippen molar-refractivity contribution in [2.75, 3.05) is 21.3 Å². The van der Waals surface area contributed by atoms with Crippen LogP contribution in [0, 0.1) is 5.82 Å². The quantitative estimate of drug-likeness (QED) is 0.890. The van der Waals surface area contributed by atoms with E-state index in [-0.39, 0.29) is 23.0 Å². The highest BCUT2D eigenvalue weighted by Gasteiger charge is 2.50. The van der Waals surface area contributed by atoms with Gasteiger partial charge in [-0.2, -0.15) is 4.39 Å². The SMILES string of the molecule is COc1cc(C2(C(C)N)CC2)c(OC)c(F)c1OC. The van der Waals surface area contributed by atoms with Gasteiger partial charge in [-0.25, -0.2) is 0 Å². The predicted molar refractivity (Wildman–Crippen MR) is 70.6 cm³/mol. The maximum atomic E-state index is 14.4. The molecule has 1 unspecified atom stereocenters. The van der Waals surface area contributed by atoms with E-state index in [4.69, 9.17) is 19.9 Å².